The van der Waals surface area contributed by atoms with Crippen LogP contribution in [-0.4, -0.2) is 14.3 Å². The van der Waals surface area contributed by atoms with Crippen LogP contribution in [-0.2, 0) is 9.22 Å². The maximum Gasteiger partial charge on any atom is 0.319 e. The topological polar surface area (TPSA) is 26.3 Å². The van der Waals surface area contributed by atoms with E-state index in [9.17, 15) is 4.79 Å². The fourth-order valence-electron chi connectivity index (χ4n) is 0.472. The fraction of sp³-hybridized carbons (Fsp3) is 0.700. The van der Waals surface area contributed by atoms with E-state index in [2.05, 4.69) is 27.4 Å². The number of carbonyl (C=O) groups is 1. The monoisotopic (exact) mass is 200 g/mol. The van der Waals surface area contributed by atoms with E-state index in [0.717, 1.165) is 0 Å². The summed E-state index contributed by atoms with van der Waals surface area (Å²) in [5, 5.41) is 0.0676. The molecule has 13 heavy (non-hydrogen) atoms. The Balaban J connectivity index is 4.53. The van der Waals surface area contributed by atoms with E-state index in [4.69, 9.17) is 4.43 Å². The van der Waals surface area contributed by atoms with Crippen LogP contribution in [0.5, 0.6) is 0 Å². The summed E-state index contributed by atoms with van der Waals surface area (Å²) in [5.41, 5.74) is 0.477. The van der Waals surface area contributed by atoms with Gasteiger partial charge in [-0.2, -0.15) is 0 Å². The molecular weight excluding hydrogens is 180 g/mol. The van der Waals surface area contributed by atoms with Crippen LogP contribution in [0.15, 0.2) is 12.2 Å². The molecule has 0 amide bonds. The van der Waals surface area contributed by atoms with E-state index >= 15 is 0 Å². The summed E-state index contributed by atoms with van der Waals surface area (Å²) in [7, 11) is -1.94. The summed E-state index contributed by atoms with van der Waals surface area (Å²) in [6.45, 7) is 15.7. The van der Waals surface area contributed by atoms with Crippen LogP contribution in [0.2, 0.25) is 18.1 Å². The Kier molecular flexibility index (Phi) is 3.50. The second kappa shape index (κ2) is 3.66. The molecule has 0 radical (unpaired) electrons. The Labute approximate surface area is 82.1 Å². The lowest BCUT2D eigenvalue weighted by Gasteiger charge is -2.35. The fourth-order valence-corrected chi connectivity index (χ4v) is 1.42. The number of rotatable bonds is 2. The van der Waals surface area contributed by atoms with Gasteiger partial charge in [-0.15, -0.1) is 0 Å². The summed E-state index contributed by atoms with van der Waals surface area (Å²) in [6.07, 6.45) is 0. The van der Waals surface area contributed by atoms with Crippen LogP contribution in [0, 0.1) is 0 Å². The second-order valence-electron chi connectivity index (χ2n) is 4.93. The van der Waals surface area contributed by atoms with Crippen LogP contribution in [0.1, 0.15) is 27.7 Å². The number of carbonyl (C=O) groups excluding carboxylic acids is 1. The van der Waals surface area contributed by atoms with Gasteiger partial charge in [-0.3, -0.25) is 0 Å². The molecule has 0 unspecified atom stereocenters. The van der Waals surface area contributed by atoms with Crippen molar-refractivity contribution in [2.75, 3.05) is 0 Å². The largest absolute Gasteiger partial charge is 0.516 e. The zero-order valence-corrected chi connectivity index (χ0v) is 10.5. The van der Waals surface area contributed by atoms with E-state index in [0.29, 0.717) is 5.57 Å². The minimum absolute atomic E-state index is 0.0676. The third-order valence-electron chi connectivity index (χ3n) is 2.50. The second-order valence-corrected chi connectivity index (χ2v) is 9.65. The molecule has 2 nitrogen and oxygen atoms in total. The minimum atomic E-state index is -1.94. The van der Waals surface area contributed by atoms with Crippen LogP contribution in [0.3, 0.4) is 0 Å². The maximum atomic E-state index is 11.3. The predicted molar refractivity (Wildman–Crippen MR) is 58.1 cm³/mol. The molecule has 0 bridgehead atoms. The lowest BCUT2D eigenvalue weighted by atomic mass is 10.2. The molecule has 0 saturated heterocycles. The highest BCUT2D eigenvalue weighted by molar-refractivity contribution is 6.75. The Morgan fingerprint density at radius 2 is 1.69 bits per heavy atom. The summed E-state index contributed by atoms with van der Waals surface area (Å²) in [4.78, 5) is 11.3. The van der Waals surface area contributed by atoms with Crippen molar-refractivity contribution < 1.29 is 9.22 Å². The van der Waals surface area contributed by atoms with E-state index < -0.39 is 8.32 Å². The molecule has 76 valence electrons. The molecule has 0 spiro atoms. The molecule has 0 aliphatic carbocycles. The van der Waals surface area contributed by atoms with Gasteiger partial charge in [0.15, 0.2) is 0 Å². The highest BCUT2D eigenvalue weighted by Crippen LogP contribution is 2.36. The Morgan fingerprint density at radius 3 is 1.92 bits per heavy atom. The first kappa shape index (κ1) is 12.4. The summed E-state index contributed by atoms with van der Waals surface area (Å²) in [5.74, 6) is -0.258. The van der Waals surface area contributed by atoms with E-state index in [1.807, 2.05) is 13.1 Å². The average molecular weight is 200 g/mol. The highest BCUT2D eigenvalue weighted by atomic mass is 28.4. The quantitative estimate of drug-likeness (QED) is 0.506. The van der Waals surface area contributed by atoms with Gasteiger partial charge in [0.1, 0.15) is 0 Å². The van der Waals surface area contributed by atoms with Gasteiger partial charge >= 0.3 is 5.97 Å². The van der Waals surface area contributed by atoms with Crippen molar-refractivity contribution in [2.45, 2.75) is 45.8 Å². The van der Waals surface area contributed by atoms with E-state index in [1.54, 1.807) is 6.92 Å². The van der Waals surface area contributed by atoms with Crippen molar-refractivity contribution in [1.82, 2.24) is 0 Å². The zero-order valence-electron chi connectivity index (χ0n) is 9.52. The smallest absolute Gasteiger partial charge is 0.319 e. The normalized spacial score (nSPS) is 12.5. The lowest BCUT2D eigenvalue weighted by molar-refractivity contribution is -0.131. The number of hydrogen-bond donors (Lipinski definition) is 0. The van der Waals surface area contributed by atoms with Gasteiger partial charge < -0.3 is 4.43 Å². The molecule has 0 N–H and O–H groups in total. The Bertz CT molecular complexity index is 224. The van der Waals surface area contributed by atoms with Crippen molar-refractivity contribution in [3.05, 3.63) is 12.2 Å². The molecule has 0 fully saturated rings. The maximum absolute atomic E-state index is 11.3. The standard InChI is InChI=1S/C10H20O2Si/c1-8(2)9(11)12-13(6,7)10(3,4)5/h1H2,2-7H3. The van der Waals surface area contributed by atoms with Gasteiger partial charge in [-0.25, -0.2) is 4.79 Å². The molecular formula is C10H20O2Si. The van der Waals surface area contributed by atoms with Crippen LogP contribution in [0.4, 0.5) is 0 Å². The summed E-state index contributed by atoms with van der Waals surface area (Å²) in [6, 6.07) is 0. The Morgan fingerprint density at radius 1 is 1.31 bits per heavy atom. The molecule has 0 atom stereocenters. The average Bonchev–Trinajstić information content (AvgIpc) is 1.83. The van der Waals surface area contributed by atoms with Crippen molar-refractivity contribution in [3.63, 3.8) is 0 Å². The minimum Gasteiger partial charge on any atom is -0.516 e. The van der Waals surface area contributed by atoms with Crippen LogP contribution >= 0.6 is 0 Å². The Hall–Kier alpha value is -0.573. The molecule has 0 aliphatic rings. The molecule has 0 aromatic carbocycles. The van der Waals surface area contributed by atoms with Crippen molar-refractivity contribution in [1.29, 1.82) is 0 Å². The van der Waals surface area contributed by atoms with Crippen molar-refractivity contribution in [2.24, 2.45) is 0 Å². The third-order valence-corrected chi connectivity index (χ3v) is 6.81. The molecule has 0 heterocycles. The van der Waals surface area contributed by atoms with E-state index in [-0.39, 0.29) is 11.0 Å². The SMILES string of the molecule is C=C(C)C(=O)O[Si](C)(C)C(C)(C)C. The van der Waals surface area contributed by atoms with Crippen LogP contribution in [0.25, 0.3) is 0 Å². The molecule has 0 saturated carbocycles. The lowest BCUT2D eigenvalue weighted by Crippen LogP contribution is -2.42. The van der Waals surface area contributed by atoms with Gasteiger partial charge in [0.25, 0.3) is 8.32 Å². The summed E-state index contributed by atoms with van der Waals surface area (Å²) < 4.78 is 5.46. The van der Waals surface area contributed by atoms with Crippen molar-refractivity contribution in [3.8, 4) is 0 Å². The van der Waals surface area contributed by atoms with Gasteiger partial charge in [0.2, 0.25) is 0 Å². The zero-order chi connectivity index (χ0) is 10.9. The molecule has 3 heteroatoms. The number of hydrogen-bond acceptors (Lipinski definition) is 2. The van der Waals surface area contributed by atoms with Gasteiger partial charge in [-0.05, 0) is 25.1 Å². The first-order valence-electron chi connectivity index (χ1n) is 4.47. The molecule has 0 aromatic heterocycles. The third kappa shape index (κ3) is 3.34. The summed E-state index contributed by atoms with van der Waals surface area (Å²) >= 11 is 0. The van der Waals surface area contributed by atoms with Gasteiger partial charge in [-0.1, -0.05) is 27.4 Å². The molecule has 0 aromatic rings. The van der Waals surface area contributed by atoms with Gasteiger partial charge in [0, 0.05) is 5.57 Å². The van der Waals surface area contributed by atoms with E-state index in [1.165, 1.54) is 0 Å². The first-order chi connectivity index (χ1) is 5.58. The molecule has 0 aliphatic heterocycles. The first-order valence-corrected chi connectivity index (χ1v) is 7.37. The molecule has 0 rings (SSSR count). The van der Waals surface area contributed by atoms with Crippen LogP contribution < -0.4 is 0 Å². The van der Waals surface area contributed by atoms with Gasteiger partial charge in [0.05, 0.1) is 0 Å². The van der Waals surface area contributed by atoms with Crippen molar-refractivity contribution >= 4 is 14.3 Å². The highest BCUT2D eigenvalue weighted by Gasteiger charge is 2.40. The predicted octanol–water partition coefficient (Wildman–Crippen LogP) is 3.11.